The highest BCUT2D eigenvalue weighted by Gasteiger charge is 2.38. The van der Waals surface area contributed by atoms with Gasteiger partial charge < -0.3 is 17.1 Å². The zero-order chi connectivity index (χ0) is 15.0. The summed E-state index contributed by atoms with van der Waals surface area (Å²) in [4.78, 5) is 0.207. The number of benzene rings is 1. The second kappa shape index (κ2) is 6.37. The molecule has 0 amide bonds. The van der Waals surface area contributed by atoms with E-state index in [2.05, 4.69) is 4.98 Å². The molecule has 0 aliphatic heterocycles. The molecule has 0 saturated heterocycles. The summed E-state index contributed by atoms with van der Waals surface area (Å²) in [5, 5.41) is 8.70. The van der Waals surface area contributed by atoms with Crippen molar-refractivity contribution in [1.29, 1.82) is 5.39 Å². The topological polar surface area (TPSA) is 146 Å². The number of hydrogen-bond donors (Lipinski definition) is 2. The van der Waals surface area contributed by atoms with Gasteiger partial charge in [0, 0.05) is 0 Å². The van der Waals surface area contributed by atoms with Crippen LogP contribution in [0.5, 0.6) is 5.75 Å². The van der Waals surface area contributed by atoms with E-state index in [-0.39, 0.29) is 21.7 Å². The minimum Gasteiger partial charge on any atom is -1.00 e. The zero-order valence-electron chi connectivity index (χ0n) is 9.48. The van der Waals surface area contributed by atoms with E-state index in [0.29, 0.717) is 0 Å². The zero-order valence-corrected chi connectivity index (χ0v) is 14.0. The molecule has 112 valence electrons. The second-order valence-electron chi connectivity index (χ2n) is 3.12. The molecule has 0 unspecified atom stereocenters. The lowest BCUT2D eigenvalue weighted by atomic mass is 10.3. The highest BCUT2D eigenvalue weighted by atomic mass is 127. The normalized spacial score (nSPS) is 11.3. The van der Waals surface area contributed by atoms with Gasteiger partial charge in [-0.25, -0.2) is 0 Å². The lowest BCUT2D eigenvalue weighted by Gasteiger charge is -2.08. The second-order valence-corrected chi connectivity index (χ2v) is 6.92. The summed E-state index contributed by atoms with van der Waals surface area (Å²) in [5.41, 5.74) is -0.785. The highest BCUT2D eigenvalue weighted by molar-refractivity contribution is 14.1. The van der Waals surface area contributed by atoms with E-state index in [0.717, 1.165) is 13.2 Å². The number of hydrogen-bond acceptors (Lipinski definition) is 6. The van der Waals surface area contributed by atoms with Crippen LogP contribution in [0.3, 0.4) is 0 Å². The van der Waals surface area contributed by atoms with Gasteiger partial charge in [-0.15, -0.1) is 0 Å². The molecular formula is C7H6ClIN2O7S2. The molecule has 0 bridgehead atoms. The molecule has 0 spiro atoms. The molecule has 0 aliphatic carbocycles. The lowest BCUT2D eigenvalue weighted by Crippen LogP contribution is -3.00. The van der Waals surface area contributed by atoms with Crippen molar-refractivity contribution in [3.8, 4) is 5.75 Å². The molecule has 1 rings (SSSR count). The van der Waals surface area contributed by atoms with Gasteiger partial charge in [-0.3, -0.25) is 9.11 Å². The van der Waals surface area contributed by atoms with Crippen LogP contribution in [0.2, 0.25) is 0 Å². The maximum absolute atomic E-state index is 11.3. The average molecular weight is 457 g/mol. The van der Waals surface area contributed by atoms with Gasteiger partial charge in [0.05, 0.1) is 16.7 Å². The molecular weight excluding hydrogens is 451 g/mol. The summed E-state index contributed by atoms with van der Waals surface area (Å²) < 4.78 is 67.5. The van der Waals surface area contributed by atoms with Crippen molar-refractivity contribution in [1.82, 2.24) is 0 Å². The molecule has 20 heavy (non-hydrogen) atoms. The van der Waals surface area contributed by atoms with Crippen LogP contribution in [0.15, 0.2) is 15.9 Å². The summed E-state index contributed by atoms with van der Waals surface area (Å²) in [6.07, 6.45) is 0. The third-order valence-corrected chi connectivity index (χ3v) is 5.39. The third-order valence-electron chi connectivity index (χ3n) is 1.97. The van der Waals surface area contributed by atoms with E-state index in [9.17, 15) is 16.8 Å². The summed E-state index contributed by atoms with van der Waals surface area (Å²) in [7, 11) is -8.92. The number of nitrogens with zero attached hydrogens (tertiary/aromatic N) is 2. The summed E-state index contributed by atoms with van der Waals surface area (Å²) >= 11 is 1.40. The molecule has 0 saturated carbocycles. The van der Waals surface area contributed by atoms with Gasteiger partial charge in [0.25, 0.3) is 10.1 Å². The predicted molar refractivity (Wildman–Crippen MR) is 70.1 cm³/mol. The summed E-state index contributed by atoms with van der Waals surface area (Å²) in [5.74, 6) is -0.159. The van der Waals surface area contributed by atoms with Gasteiger partial charge >= 0.3 is 15.8 Å². The maximum Gasteiger partial charge on any atom is 0.411 e. The molecule has 0 aliphatic rings. The molecule has 13 heteroatoms. The largest absolute Gasteiger partial charge is 1.00 e. The van der Waals surface area contributed by atoms with Crippen LogP contribution >= 0.6 is 22.6 Å². The number of methoxy groups -OCH3 is 1. The van der Waals surface area contributed by atoms with Gasteiger partial charge in [-0.1, -0.05) is 0 Å². The van der Waals surface area contributed by atoms with Crippen LogP contribution in [0.1, 0.15) is 0 Å². The maximum atomic E-state index is 11.3. The standard InChI is InChI=1S/C7H5IN2O7S2.ClH/c1-17-4-2-3(10-9)6(18(11,12)13)7(5(4)8)19(14,15)16;/h2H,1H3,(H-,11,12,13,14,15,16);1H. The van der Waals surface area contributed by atoms with Gasteiger partial charge in [-0.2, -0.15) is 16.8 Å². The van der Waals surface area contributed by atoms with E-state index in [4.69, 9.17) is 19.2 Å². The molecule has 0 radical (unpaired) electrons. The van der Waals surface area contributed by atoms with Crippen molar-refractivity contribution >= 4 is 48.5 Å². The molecule has 0 aromatic heterocycles. The number of rotatable bonds is 3. The van der Waals surface area contributed by atoms with Crippen LogP contribution < -0.4 is 17.1 Å². The van der Waals surface area contributed by atoms with Crippen molar-refractivity contribution < 1.29 is 43.1 Å². The lowest BCUT2D eigenvalue weighted by molar-refractivity contribution is -0.0000124. The fourth-order valence-electron chi connectivity index (χ4n) is 1.28. The van der Waals surface area contributed by atoms with Crippen molar-refractivity contribution in [3.63, 3.8) is 0 Å². The number of diazo groups is 1. The Kier molecular flexibility index (Phi) is 6.14. The Hall–Kier alpha value is -0.720. The minimum atomic E-state index is -5.06. The van der Waals surface area contributed by atoms with Gasteiger partial charge in [-0.05, 0) is 22.6 Å². The molecule has 9 nitrogen and oxygen atoms in total. The van der Waals surface area contributed by atoms with Crippen molar-refractivity contribution in [2.75, 3.05) is 7.11 Å². The van der Waals surface area contributed by atoms with Gasteiger partial charge in [0.1, 0.15) is 10.6 Å². The fourth-order valence-corrected chi connectivity index (χ4v) is 4.95. The van der Waals surface area contributed by atoms with Crippen LogP contribution in [0.25, 0.3) is 4.98 Å². The molecule has 0 atom stereocenters. The van der Waals surface area contributed by atoms with E-state index in [1.165, 1.54) is 22.6 Å². The van der Waals surface area contributed by atoms with Crippen LogP contribution in [0.4, 0.5) is 5.69 Å². The van der Waals surface area contributed by atoms with Gasteiger partial charge in [0.2, 0.25) is 10.3 Å². The quantitative estimate of drug-likeness (QED) is 0.310. The third kappa shape index (κ3) is 3.68. The van der Waals surface area contributed by atoms with Crippen LogP contribution in [-0.4, -0.2) is 33.1 Å². The highest BCUT2D eigenvalue weighted by Crippen LogP contribution is 2.40. The average Bonchev–Trinajstić information content (AvgIpc) is 2.25. The number of ether oxygens (including phenoxy) is 1. The van der Waals surface area contributed by atoms with Crippen molar-refractivity contribution in [3.05, 3.63) is 14.6 Å². The van der Waals surface area contributed by atoms with E-state index in [1.807, 2.05) is 0 Å². The van der Waals surface area contributed by atoms with Gasteiger partial charge in [0.15, 0.2) is 4.98 Å². The van der Waals surface area contributed by atoms with Crippen molar-refractivity contribution in [2.45, 2.75) is 9.79 Å². The Balaban J connectivity index is 0.00000361. The number of halogens is 2. The first kappa shape index (κ1) is 19.3. The molecule has 1 aromatic carbocycles. The van der Waals surface area contributed by atoms with Crippen LogP contribution in [0, 0.1) is 8.96 Å². The van der Waals surface area contributed by atoms with E-state index < -0.39 is 35.7 Å². The smallest absolute Gasteiger partial charge is 0.411 e. The van der Waals surface area contributed by atoms with Crippen LogP contribution in [-0.2, 0) is 20.2 Å². The monoisotopic (exact) mass is 456 g/mol. The first-order valence-corrected chi connectivity index (χ1v) is 8.20. The Labute approximate surface area is 134 Å². The Morgan fingerprint density at radius 3 is 1.95 bits per heavy atom. The Morgan fingerprint density at radius 1 is 1.20 bits per heavy atom. The summed E-state index contributed by atoms with van der Waals surface area (Å²) in [6, 6.07) is 0.888. The van der Waals surface area contributed by atoms with Crippen molar-refractivity contribution in [2.24, 2.45) is 0 Å². The molecule has 1 aromatic rings. The molecule has 2 N–H and O–H groups in total. The van der Waals surface area contributed by atoms with E-state index >= 15 is 0 Å². The predicted octanol–water partition coefficient (Wildman–Crippen LogP) is -1.72. The Bertz CT molecular complexity index is 784. The molecule has 0 fully saturated rings. The fraction of sp³-hybridized carbons (Fsp3) is 0.143. The van der Waals surface area contributed by atoms with E-state index in [1.54, 1.807) is 0 Å². The first-order chi connectivity index (χ1) is 8.54. The SMILES string of the molecule is COc1cc([N+]#N)c(S(=O)(=O)O)c(S(=O)(=O)O)c1I.[Cl-]. The minimum absolute atomic E-state index is 0. The summed E-state index contributed by atoms with van der Waals surface area (Å²) in [6.45, 7) is 0. The first-order valence-electron chi connectivity index (χ1n) is 4.24. The molecule has 0 heterocycles. The Morgan fingerprint density at radius 2 is 1.65 bits per heavy atom.